The molecule has 35 heavy (non-hydrogen) atoms. The van der Waals surface area contributed by atoms with E-state index in [2.05, 4.69) is 41.2 Å². The van der Waals surface area contributed by atoms with Crippen LogP contribution in [0.4, 0.5) is 11.6 Å². The largest absolute Gasteiger partial charge is 0.492 e. The van der Waals surface area contributed by atoms with Crippen LogP contribution in [0.15, 0.2) is 54.6 Å². The van der Waals surface area contributed by atoms with Gasteiger partial charge in [0.2, 0.25) is 5.95 Å². The molecule has 1 aromatic heterocycles. The third-order valence-corrected chi connectivity index (χ3v) is 6.52. The zero-order valence-electron chi connectivity index (χ0n) is 21.3. The molecule has 186 valence electrons. The Morgan fingerprint density at radius 3 is 2.43 bits per heavy atom. The van der Waals surface area contributed by atoms with Crippen molar-refractivity contribution in [3.05, 3.63) is 60.3 Å². The van der Waals surface area contributed by atoms with E-state index in [1.165, 1.54) is 19.3 Å². The van der Waals surface area contributed by atoms with Crippen LogP contribution < -0.4 is 14.8 Å². The summed E-state index contributed by atoms with van der Waals surface area (Å²) in [4.78, 5) is 11.7. The van der Waals surface area contributed by atoms with Gasteiger partial charge in [-0.25, -0.2) is 9.97 Å². The van der Waals surface area contributed by atoms with Gasteiger partial charge in [0.15, 0.2) is 0 Å². The van der Waals surface area contributed by atoms with Gasteiger partial charge >= 0.3 is 0 Å². The highest BCUT2D eigenvalue weighted by Crippen LogP contribution is 2.27. The zero-order valence-corrected chi connectivity index (χ0v) is 21.3. The number of hydrogen-bond donors (Lipinski definition) is 1. The van der Waals surface area contributed by atoms with Gasteiger partial charge in [-0.3, -0.25) is 0 Å². The minimum absolute atomic E-state index is 0.351. The molecule has 0 unspecified atom stereocenters. The molecule has 6 heteroatoms. The molecule has 0 radical (unpaired) electrons. The standard InChI is InChI=1S/C29H38N4O2/c1-4-33(5-2)18-19-34-27-13-9-10-24(21-27)31-29-30-22(3)20-28(32-29)23-14-16-26(17-15-23)35-25-11-7-6-8-12-25/h9-10,13-17,20-21,25H,4-8,11-12,18-19H2,1-3H3,(H,30,31,32). The third kappa shape index (κ3) is 7.43. The number of nitrogens with one attached hydrogen (secondary N) is 1. The van der Waals surface area contributed by atoms with Gasteiger partial charge in [0.05, 0.1) is 11.8 Å². The molecule has 2 aromatic carbocycles. The van der Waals surface area contributed by atoms with Crippen molar-refractivity contribution < 1.29 is 9.47 Å². The number of hydrogen-bond acceptors (Lipinski definition) is 6. The zero-order chi connectivity index (χ0) is 24.5. The van der Waals surface area contributed by atoms with E-state index in [0.717, 1.165) is 66.6 Å². The maximum absolute atomic E-state index is 6.18. The molecule has 0 atom stereocenters. The molecular formula is C29H38N4O2. The highest BCUT2D eigenvalue weighted by molar-refractivity contribution is 5.64. The maximum Gasteiger partial charge on any atom is 0.227 e. The molecule has 0 amide bonds. The molecule has 1 saturated carbocycles. The van der Waals surface area contributed by atoms with Gasteiger partial charge in [0.25, 0.3) is 0 Å². The lowest BCUT2D eigenvalue weighted by Gasteiger charge is -2.23. The molecule has 1 N–H and O–H groups in total. The third-order valence-electron chi connectivity index (χ3n) is 6.52. The minimum atomic E-state index is 0.351. The SMILES string of the molecule is CCN(CC)CCOc1cccc(Nc2nc(C)cc(-c3ccc(OC4CCCCC4)cc3)n2)c1. The first kappa shape index (κ1) is 25.0. The summed E-state index contributed by atoms with van der Waals surface area (Å²) in [5.74, 6) is 2.34. The van der Waals surface area contributed by atoms with E-state index < -0.39 is 0 Å². The van der Waals surface area contributed by atoms with Gasteiger partial charge in [0.1, 0.15) is 18.1 Å². The molecule has 0 spiro atoms. The van der Waals surface area contributed by atoms with E-state index in [0.29, 0.717) is 18.7 Å². The van der Waals surface area contributed by atoms with Crippen molar-refractivity contribution in [2.75, 3.05) is 31.6 Å². The number of aryl methyl sites for hydroxylation is 1. The summed E-state index contributed by atoms with van der Waals surface area (Å²) >= 11 is 0. The molecule has 0 bridgehead atoms. The lowest BCUT2D eigenvalue weighted by molar-refractivity contribution is 0.155. The summed E-state index contributed by atoms with van der Waals surface area (Å²) in [6.07, 6.45) is 6.53. The van der Waals surface area contributed by atoms with Crippen molar-refractivity contribution in [3.8, 4) is 22.8 Å². The van der Waals surface area contributed by atoms with E-state index in [-0.39, 0.29) is 0 Å². The number of rotatable bonds is 11. The summed E-state index contributed by atoms with van der Waals surface area (Å²) in [5.41, 5.74) is 3.74. The maximum atomic E-state index is 6.18. The van der Waals surface area contributed by atoms with Gasteiger partial charge < -0.3 is 19.7 Å². The highest BCUT2D eigenvalue weighted by atomic mass is 16.5. The molecule has 0 saturated heterocycles. The predicted molar refractivity (Wildman–Crippen MR) is 143 cm³/mol. The fraction of sp³-hybridized carbons (Fsp3) is 0.448. The van der Waals surface area contributed by atoms with Crippen molar-refractivity contribution >= 4 is 11.6 Å². The molecule has 1 heterocycles. The van der Waals surface area contributed by atoms with Crippen molar-refractivity contribution in [2.45, 2.75) is 59.0 Å². The first-order valence-electron chi connectivity index (χ1n) is 13.0. The molecule has 1 aliphatic rings. The topological polar surface area (TPSA) is 59.5 Å². The average Bonchev–Trinajstić information content (AvgIpc) is 2.88. The van der Waals surface area contributed by atoms with Gasteiger partial charge in [-0.05, 0) is 88.2 Å². The number of nitrogens with zero attached hydrogens (tertiary/aromatic N) is 3. The second-order valence-electron chi connectivity index (χ2n) is 9.15. The molecule has 6 nitrogen and oxygen atoms in total. The molecule has 0 aliphatic heterocycles. The van der Waals surface area contributed by atoms with Crippen molar-refractivity contribution in [3.63, 3.8) is 0 Å². The Bertz CT molecular complexity index is 1060. The van der Waals surface area contributed by atoms with Crippen LogP contribution in [0.3, 0.4) is 0 Å². The molecular weight excluding hydrogens is 436 g/mol. The van der Waals surface area contributed by atoms with Crippen LogP contribution in [0, 0.1) is 6.92 Å². The normalized spacial score (nSPS) is 14.2. The van der Waals surface area contributed by atoms with E-state index in [9.17, 15) is 0 Å². The molecule has 1 fully saturated rings. The predicted octanol–water partition coefficient (Wildman–Crippen LogP) is 6.63. The number of benzene rings is 2. The highest BCUT2D eigenvalue weighted by Gasteiger charge is 2.15. The Morgan fingerprint density at radius 1 is 0.914 bits per heavy atom. The smallest absolute Gasteiger partial charge is 0.227 e. The van der Waals surface area contributed by atoms with Crippen molar-refractivity contribution in [1.29, 1.82) is 0 Å². The number of anilines is 2. The molecule has 1 aliphatic carbocycles. The van der Waals surface area contributed by atoms with Crippen molar-refractivity contribution in [2.24, 2.45) is 0 Å². The van der Waals surface area contributed by atoms with Gasteiger partial charge in [0, 0.05) is 29.6 Å². The van der Waals surface area contributed by atoms with Crippen LogP contribution in [0.1, 0.15) is 51.6 Å². The minimum Gasteiger partial charge on any atom is -0.492 e. The fourth-order valence-corrected chi connectivity index (χ4v) is 4.48. The van der Waals surface area contributed by atoms with E-state index in [1.54, 1.807) is 0 Å². The van der Waals surface area contributed by atoms with Crippen LogP contribution in [-0.4, -0.2) is 47.2 Å². The lowest BCUT2D eigenvalue weighted by atomic mass is 9.98. The number of ether oxygens (including phenoxy) is 2. The average molecular weight is 475 g/mol. The van der Waals surface area contributed by atoms with E-state index in [1.807, 2.05) is 49.4 Å². The number of aromatic nitrogens is 2. The van der Waals surface area contributed by atoms with Gasteiger partial charge in [-0.1, -0.05) is 26.3 Å². The quantitative estimate of drug-likeness (QED) is 0.337. The second kappa shape index (κ2) is 12.5. The van der Waals surface area contributed by atoms with Crippen LogP contribution in [-0.2, 0) is 0 Å². The lowest BCUT2D eigenvalue weighted by Crippen LogP contribution is -2.27. The van der Waals surface area contributed by atoms with Crippen LogP contribution in [0.5, 0.6) is 11.5 Å². The second-order valence-corrected chi connectivity index (χ2v) is 9.15. The van der Waals surface area contributed by atoms with E-state index in [4.69, 9.17) is 14.5 Å². The Morgan fingerprint density at radius 2 is 1.69 bits per heavy atom. The summed E-state index contributed by atoms with van der Waals surface area (Å²) in [5, 5.41) is 3.35. The monoisotopic (exact) mass is 474 g/mol. The Kier molecular flexibility index (Phi) is 8.96. The molecule has 3 aromatic rings. The Balaban J connectivity index is 1.40. The number of likely N-dealkylation sites (N-methyl/N-ethyl adjacent to an activating group) is 1. The summed E-state index contributed by atoms with van der Waals surface area (Å²) in [6.45, 7) is 9.98. The van der Waals surface area contributed by atoms with Crippen LogP contribution in [0.2, 0.25) is 0 Å². The van der Waals surface area contributed by atoms with E-state index >= 15 is 0 Å². The first-order chi connectivity index (χ1) is 17.1. The summed E-state index contributed by atoms with van der Waals surface area (Å²) in [6, 6.07) is 18.2. The Hall–Kier alpha value is -3.12. The van der Waals surface area contributed by atoms with Gasteiger partial charge in [-0.15, -0.1) is 0 Å². The van der Waals surface area contributed by atoms with Crippen LogP contribution in [0.25, 0.3) is 11.3 Å². The Labute approximate surface area is 209 Å². The van der Waals surface area contributed by atoms with Gasteiger partial charge in [-0.2, -0.15) is 0 Å². The van der Waals surface area contributed by atoms with Crippen LogP contribution >= 0.6 is 0 Å². The fourth-order valence-electron chi connectivity index (χ4n) is 4.48. The first-order valence-corrected chi connectivity index (χ1v) is 13.0. The summed E-state index contributed by atoms with van der Waals surface area (Å²) in [7, 11) is 0. The summed E-state index contributed by atoms with van der Waals surface area (Å²) < 4.78 is 12.1. The van der Waals surface area contributed by atoms with Crippen molar-refractivity contribution in [1.82, 2.24) is 14.9 Å². The molecule has 4 rings (SSSR count).